The number of rotatable bonds is 3. The van der Waals surface area contributed by atoms with E-state index in [4.69, 9.17) is 4.42 Å². The predicted octanol–water partition coefficient (Wildman–Crippen LogP) is 8.35. The number of benzene rings is 3. The second-order valence-electron chi connectivity index (χ2n) is 8.86. The topological polar surface area (TPSA) is 68.9 Å². The van der Waals surface area contributed by atoms with Crippen LogP contribution in [0.2, 0.25) is 0 Å². The average molecular weight is 635 g/mol. The van der Waals surface area contributed by atoms with Crippen LogP contribution in [0.3, 0.4) is 0 Å². The molecule has 206 valence electrons. The van der Waals surface area contributed by atoms with Crippen molar-refractivity contribution in [2.45, 2.75) is 0 Å². The molecule has 0 fully saturated rings. The van der Waals surface area contributed by atoms with Crippen molar-refractivity contribution in [3.05, 3.63) is 175 Å². The molecule has 0 unspecified atom stereocenters. The number of aromatic nitrogens is 3. The molecule has 0 aliphatic carbocycles. The van der Waals surface area contributed by atoms with E-state index in [-0.39, 0.29) is 25.1 Å². The largest absolute Gasteiger partial charge is 0.422 e. The van der Waals surface area contributed by atoms with Crippen molar-refractivity contribution in [1.29, 1.82) is 0 Å². The third-order valence-corrected chi connectivity index (χ3v) is 6.05. The van der Waals surface area contributed by atoms with Gasteiger partial charge in [-0.2, -0.15) is 0 Å². The molecule has 0 spiro atoms. The van der Waals surface area contributed by atoms with Crippen molar-refractivity contribution < 1.29 is 23.9 Å². The fourth-order valence-corrected chi connectivity index (χ4v) is 4.05. The van der Waals surface area contributed by atoms with Gasteiger partial charge in [-0.25, -0.2) is 4.79 Å². The SMILES string of the molecule is O=c1oc2ccccc2cc1-c1ccccn1.[Ru].c1ccc(-c2ccccn2)cc1.c1ccc(-c2ccccn2)cc1. The van der Waals surface area contributed by atoms with Crippen LogP contribution >= 0.6 is 0 Å². The summed E-state index contributed by atoms with van der Waals surface area (Å²) in [6, 6.07) is 46.9. The zero-order valence-corrected chi connectivity index (χ0v) is 24.3. The molecular weight excluding hydrogens is 607 g/mol. The van der Waals surface area contributed by atoms with Crippen LogP contribution in [-0.2, 0) is 19.5 Å². The van der Waals surface area contributed by atoms with Crippen molar-refractivity contribution in [2.24, 2.45) is 0 Å². The van der Waals surface area contributed by atoms with Gasteiger partial charge in [0, 0.05) is 54.6 Å². The van der Waals surface area contributed by atoms with Crippen LogP contribution in [0.4, 0.5) is 0 Å². The first-order valence-corrected chi connectivity index (χ1v) is 13.1. The number of hydrogen-bond acceptors (Lipinski definition) is 5. The van der Waals surface area contributed by atoms with Crippen LogP contribution in [-0.4, -0.2) is 15.0 Å². The van der Waals surface area contributed by atoms with Gasteiger partial charge < -0.3 is 4.42 Å². The van der Waals surface area contributed by atoms with E-state index < -0.39 is 0 Å². The maximum atomic E-state index is 11.8. The molecule has 0 N–H and O–H groups in total. The van der Waals surface area contributed by atoms with Crippen LogP contribution in [0, 0.1) is 0 Å². The van der Waals surface area contributed by atoms with Crippen molar-refractivity contribution >= 4 is 11.0 Å². The Labute approximate surface area is 257 Å². The van der Waals surface area contributed by atoms with Gasteiger partial charge in [0.15, 0.2) is 0 Å². The van der Waals surface area contributed by atoms with Gasteiger partial charge in [-0.1, -0.05) is 97.1 Å². The summed E-state index contributed by atoms with van der Waals surface area (Å²) < 4.78 is 5.25. The van der Waals surface area contributed by atoms with Crippen LogP contribution in [0.25, 0.3) is 44.7 Å². The second-order valence-corrected chi connectivity index (χ2v) is 8.86. The molecule has 0 atom stereocenters. The Kier molecular flexibility index (Phi) is 11.2. The van der Waals surface area contributed by atoms with Crippen molar-refractivity contribution in [1.82, 2.24) is 15.0 Å². The molecule has 0 saturated heterocycles. The number of pyridine rings is 3. The molecule has 7 rings (SSSR count). The molecule has 0 saturated carbocycles. The first-order chi connectivity index (χ1) is 20.3. The molecular formula is C36H27N3O2Ru. The Bertz CT molecular complexity index is 1680. The third-order valence-electron chi connectivity index (χ3n) is 6.05. The number of fused-ring (bicyclic) bond motifs is 1. The zero-order valence-electron chi connectivity index (χ0n) is 22.6. The molecule has 0 aliphatic rings. The Morgan fingerprint density at radius 1 is 0.452 bits per heavy atom. The summed E-state index contributed by atoms with van der Waals surface area (Å²) >= 11 is 0. The minimum absolute atomic E-state index is 0. The van der Waals surface area contributed by atoms with Gasteiger partial charge in [-0.05, 0) is 48.5 Å². The summed E-state index contributed by atoms with van der Waals surface area (Å²) in [6.45, 7) is 0. The van der Waals surface area contributed by atoms with E-state index in [0.29, 0.717) is 16.8 Å². The Morgan fingerprint density at radius 3 is 1.36 bits per heavy atom. The normalized spacial score (nSPS) is 9.81. The van der Waals surface area contributed by atoms with Crippen LogP contribution < -0.4 is 5.63 Å². The average Bonchev–Trinajstić information content (AvgIpc) is 3.07. The third kappa shape index (κ3) is 8.23. The first-order valence-electron chi connectivity index (χ1n) is 13.1. The van der Waals surface area contributed by atoms with Gasteiger partial charge in [0.2, 0.25) is 0 Å². The quantitative estimate of drug-likeness (QED) is 0.144. The molecule has 7 aromatic rings. The smallest absolute Gasteiger partial charge is 0.345 e. The van der Waals surface area contributed by atoms with Crippen molar-refractivity contribution in [3.8, 4) is 33.8 Å². The summed E-state index contributed by atoms with van der Waals surface area (Å²) in [6.07, 6.45) is 5.27. The van der Waals surface area contributed by atoms with E-state index in [1.165, 1.54) is 0 Å². The monoisotopic (exact) mass is 635 g/mol. The van der Waals surface area contributed by atoms with Gasteiger partial charge in [0.1, 0.15) is 5.58 Å². The van der Waals surface area contributed by atoms with Gasteiger partial charge >= 0.3 is 5.63 Å². The molecule has 0 bridgehead atoms. The Morgan fingerprint density at radius 2 is 0.881 bits per heavy atom. The maximum Gasteiger partial charge on any atom is 0.345 e. The maximum absolute atomic E-state index is 11.8. The Hall–Kier alpha value is -5.06. The van der Waals surface area contributed by atoms with E-state index >= 15 is 0 Å². The molecule has 5 nitrogen and oxygen atoms in total. The van der Waals surface area contributed by atoms with E-state index in [9.17, 15) is 4.79 Å². The molecule has 0 amide bonds. The van der Waals surface area contributed by atoms with Crippen molar-refractivity contribution in [2.75, 3.05) is 0 Å². The zero-order chi connectivity index (χ0) is 28.1. The van der Waals surface area contributed by atoms with Crippen LogP contribution in [0.5, 0.6) is 0 Å². The molecule has 42 heavy (non-hydrogen) atoms. The predicted molar refractivity (Wildman–Crippen MR) is 165 cm³/mol. The first kappa shape index (κ1) is 29.9. The standard InChI is InChI=1S/C14H9NO2.2C11H9N.Ru/c16-14-11(12-6-3-4-8-15-12)9-10-5-1-2-7-13(10)17-14;2*1-2-6-10(7-3-1)11-8-4-5-9-12-11;/h1-9H;2*1-9H;. The minimum atomic E-state index is -0.359. The summed E-state index contributed by atoms with van der Waals surface area (Å²) in [5, 5.41) is 0.896. The second kappa shape index (κ2) is 15.7. The summed E-state index contributed by atoms with van der Waals surface area (Å²) in [7, 11) is 0. The summed E-state index contributed by atoms with van der Waals surface area (Å²) in [5.41, 5.74) is 5.74. The van der Waals surface area contributed by atoms with E-state index in [1.54, 1.807) is 18.3 Å². The molecule has 0 radical (unpaired) electrons. The summed E-state index contributed by atoms with van der Waals surface area (Å²) in [4.78, 5) is 24.5. The van der Waals surface area contributed by atoms with Crippen LogP contribution in [0.1, 0.15) is 0 Å². The fourth-order valence-electron chi connectivity index (χ4n) is 4.05. The minimum Gasteiger partial charge on any atom is -0.422 e. The van der Waals surface area contributed by atoms with Gasteiger partial charge in [0.25, 0.3) is 0 Å². The van der Waals surface area contributed by atoms with Gasteiger partial charge in [0.05, 0.1) is 22.6 Å². The van der Waals surface area contributed by atoms with Crippen LogP contribution in [0.15, 0.2) is 173 Å². The molecule has 0 aliphatic heterocycles. The molecule has 4 aromatic heterocycles. The van der Waals surface area contributed by atoms with Crippen molar-refractivity contribution in [3.63, 3.8) is 0 Å². The van der Waals surface area contributed by atoms with Gasteiger partial charge in [-0.15, -0.1) is 0 Å². The number of hydrogen-bond donors (Lipinski definition) is 0. The molecule has 4 heterocycles. The molecule has 6 heteroatoms. The number of para-hydroxylation sites is 1. The fraction of sp³-hybridized carbons (Fsp3) is 0. The van der Waals surface area contributed by atoms with E-state index in [1.807, 2.05) is 122 Å². The Balaban J connectivity index is 0.000000146. The van der Waals surface area contributed by atoms with Gasteiger partial charge in [-0.3, -0.25) is 15.0 Å². The summed E-state index contributed by atoms with van der Waals surface area (Å²) in [5.74, 6) is 0. The molecule has 3 aromatic carbocycles. The van der Waals surface area contributed by atoms with E-state index in [0.717, 1.165) is 27.9 Å². The number of nitrogens with zero attached hydrogens (tertiary/aromatic N) is 3. The van der Waals surface area contributed by atoms with E-state index in [2.05, 4.69) is 39.2 Å².